The molecule has 0 spiro atoms. The van der Waals surface area contributed by atoms with Crippen LogP contribution in [0.3, 0.4) is 0 Å². The van der Waals surface area contributed by atoms with Crippen LogP contribution in [0.15, 0.2) is 36.1 Å². The highest BCUT2D eigenvalue weighted by Gasteiger charge is 2.20. The maximum absolute atomic E-state index is 4.91. The summed E-state index contributed by atoms with van der Waals surface area (Å²) in [4.78, 5) is 7.52. The van der Waals surface area contributed by atoms with Gasteiger partial charge in [-0.3, -0.25) is 4.90 Å². The summed E-state index contributed by atoms with van der Waals surface area (Å²) in [7, 11) is 0. The quantitative estimate of drug-likeness (QED) is 0.589. The number of benzene rings is 1. The van der Waals surface area contributed by atoms with Crippen molar-refractivity contribution in [3.05, 3.63) is 36.8 Å². The molecule has 0 amide bonds. The molecule has 0 N–H and O–H groups in total. The van der Waals surface area contributed by atoms with Crippen molar-refractivity contribution in [1.82, 2.24) is 14.5 Å². The first-order chi connectivity index (χ1) is 12.2. The van der Waals surface area contributed by atoms with Crippen LogP contribution in [-0.4, -0.2) is 39.8 Å². The van der Waals surface area contributed by atoms with E-state index in [1.54, 1.807) is 17.4 Å². The summed E-state index contributed by atoms with van der Waals surface area (Å²) in [6, 6.07) is 7.01. The minimum absolute atomic E-state index is 0.653. The van der Waals surface area contributed by atoms with E-state index in [1.165, 1.54) is 24.2 Å². The molecule has 0 saturated carbocycles. The second-order valence-corrected chi connectivity index (χ2v) is 6.68. The van der Waals surface area contributed by atoms with Gasteiger partial charge in [-0.25, -0.2) is 9.99 Å². The zero-order chi connectivity index (χ0) is 17.8. The zero-order valence-corrected chi connectivity index (χ0v) is 15.6. The molecule has 1 atom stereocenters. The van der Waals surface area contributed by atoms with E-state index in [1.807, 2.05) is 6.92 Å². The largest absolute Gasteiger partial charge is 0.327 e. The molecule has 5 heteroatoms. The van der Waals surface area contributed by atoms with Gasteiger partial charge in [-0.05, 0) is 38.5 Å². The first-order valence-corrected chi connectivity index (χ1v) is 9.31. The van der Waals surface area contributed by atoms with E-state index in [0.717, 1.165) is 37.3 Å². The van der Waals surface area contributed by atoms with Crippen molar-refractivity contribution >= 4 is 22.9 Å². The molecule has 0 fully saturated rings. The molecule has 134 valence electrons. The molecular formula is C20H29N5. The van der Waals surface area contributed by atoms with Crippen LogP contribution >= 0.6 is 0 Å². The minimum atomic E-state index is 0.653. The molecule has 2 heterocycles. The van der Waals surface area contributed by atoms with Gasteiger partial charge in [-0.1, -0.05) is 19.9 Å². The maximum Gasteiger partial charge on any atom is 0.111 e. The van der Waals surface area contributed by atoms with E-state index in [-0.39, 0.29) is 0 Å². The third-order valence-electron chi connectivity index (χ3n) is 5.05. The van der Waals surface area contributed by atoms with Gasteiger partial charge in [-0.15, -0.1) is 0 Å². The van der Waals surface area contributed by atoms with Crippen molar-refractivity contribution in [3.8, 4) is 0 Å². The van der Waals surface area contributed by atoms with Gasteiger partial charge < -0.3 is 4.57 Å². The third-order valence-corrected chi connectivity index (χ3v) is 5.05. The fourth-order valence-corrected chi connectivity index (χ4v) is 3.72. The van der Waals surface area contributed by atoms with Crippen LogP contribution in [0.1, 0.15) is 39.4 Å². The first kappa shape index (κ1) is 17.7. The number of imidazole rings is 1. The second kappa shape index (κ2) is 7.83. The van der Waals surface area contributed by atoms with Gasteiger partial charge in [0.05, 0.1) is 16.7 Å². The molecule has 0 saturated heterocycles. The van der Waals surface area contributed by atoms with E-state index in [4.69, 9.17) is 4.98 Å². The number of hydrogen-bond donors (Lipinski definition) is 0. The summed E-state index contributed by atoms with van der Waals surface area (Å²) in [5.41, 5.74) is 3.25. The van der Waals surface area contributed by atoms with Gasteiger partial charge >= 0.3 is 0 Å². The highest BCUT2D eigenvalue weighted by atomic mass is 15.4. The topological polar surface area (TPSA) is 36.7 Å². The van der Waals surface area contributed by atoms with Crippen LogP contribution < -0.4 is 5.01 Å². The smallest absolute Gasteiger partial charge is 0.111 e. The number of fused-ring (bicyclic) bond motifs is 3. The first-order valence-electron chi connectivity index (χ1n) is 9.31. The van der Waals surface area contributed by atoms with Gasteiger partial charge in [0.25, 0.3) is 0 Å². The summed E-state index contributed by atoms with van der Waals surface area (Å²) < 4.78 is 2.39. The zero-order valence-electron chi connectivity index (χ0n) is 15.6. The summed E-state index contributed by atoms with van der Waals surface area (Å²) in [6.45, 7) is 13.5. The Labute approximate surface area is 150 Å². The molecule has 1 aromatic heterocycles. The second-order valence-electron chi connectivity index (χ2n) is 6.68. The Morgan fingerprint density at radius 1 is 1.36 bits per heavy atom. The number of hydrogen-bond acceptors (Lipinski definition) is 4. The highest BCUT2D eigenvalue weighted by molar-refractivity contribution is 5.81. The molecule has 2 aromatic rings. The van der Waals surface area contributed by atoms with Crippen LogP contribution in [0, 0.1) is 0 Å². The lowest BCUT2D eigenvalue weighted by molar-refractivity contribution is 0.203. The lowest BCUT2D eigenvalue weighted by Gasteiger charge is -2.27. The maximum atomic E-state index is 4.91. The third kappa shape index (κ3) is 3.61. The molecule has 0 aliphatic carbocycles. The number of hydrazone groups is 1. The minimum Gasteiger partial charge on any atom is -0.327 e. The lowest BCUT2D eigenvalue weighted by atomic mass is 10.1. The fourth-order valence-electron chi connectivity index (χ4n) is 3.72. The summed E-state index contributed by atoms with van der Waals surface area (Å²) >= 11 is 0. The predicted octanol–water partition coefficient (Wildman–Crippen LogP) is 4.04. The predicted molar refractivity (Wildman–Crippen MR) is 106 cm³/mol. The van der Waals surface area contributed by atoms with Crippen molar-refractivity contribution in [2.24, 2.45) is 5.10 Å². The Hall–Kier alpha value is -2.14. The van der Waals surface area contributed by atoms with Crippen molar-refractivity contribution in [2.75, 3.05) is 18.1 Å². The molecule has 1 unspecified atom stereocenters. The van der Waals surface area contributed by atoms with Crippen LogP contribution in [0.5, 0.6) is 0 Å². The molecule has 1 aliphatic rings. The summed E-state index contributed by atoms with van der Waals surface area (Å²) in [6.07, 6.45) is 7.00. The Bertz CT molecular complexity index is 761. The molecular weight excluding hydrogens is 310 g/mol. The van der Waals surface area contributed by atoms with Gasteiger partial charge in [0, 0.05) is 44.5 Å². The van der Waals surface area contributed by atoms with Crippen LogP contribution in [0.4, 0.5) is 5.69 Å². The monoisotopic (exact) mass is 339 g/mol. The lowest BCUT2D eigenvalue weighted by Crippen LogP contribution is -2.35. The van der Waals surface area contributed by atoms with Crippen molar-refractivity contribution in [1.29, 1.82) is 0 Å². The van der Waals surface area contributed by atoms with E-state index in [9.17, 15) is 0 Å². The van der Waals surface area contributed by atoms with Crippen molar-refractivity contribution in [3.63, 3.8) is 0 Å². The Morgan fingerprint density at radius 2 is 2.20 bits per heavy atom. The van der Waals surface area contributed by atoms with Crippen LogP contribution in [-0.2, 0) is 13.0 Å². The fraction of sp³-hybridized carbons (Fsp3) is 0.500. The van der Waals surface area contributed by atoms with Gasteiger partial charge in [0.1, 0.15) is 5.82 Å². The average Bonchev–Trinajstić information content (AvgIpc) is 2.82. The Balaban J connectivity index is 1.86. The molecule has 5 nitrogen and oxygen atoms in total. The standard InChI is InChI=1S/C20H29N5/c1-5-8-16(4)23-12-11-20-22-18-15-17(25(7-3)21-6-2)9-10-19(18)24(20)14-13-23/h6-7,9-10,15-16H,3,5,8,11-14H2,1-2,4H3/b21-6-. The van der Waals surface area contributed by atoms with Crippen LogP contribution in [0.25, 0.3) is 11.0 Å². The van der Waals surface area contributed by atoms with Crippen molar-refractivity contribution in [2.45, 2.75) is 52.6 Å². The van der Waals surface area contributed by atoms with Gasteiger partial charge in [0.15, 0.2) is 0 Å². The molecule has 1 aliphatic heterocycles. The van der Waals surface area contributed by atoms with Crippen molar-refractivity contribution < 1.29 is 0 Å². The number of nitrogens with zero attached hydrogens (tertiary/aromatic N) is 5. The molecule has 1 aromatic carbocycles. The molecule has 25 heavy (non-hydrogen) atoms. The molecule has 0 bridgehead atoms. The average molecular weight is 339 g/mol. The number of aromatic nitrogens is 2. The Kier molecular flexibility index (Phi) is 5.53. The van der Waals surface area contributed by atoms with E-state index >= 15 is 0 Å². The van der Waals surface area contributed by atoms with Gasteiger partial charge in [0.2, 0.25) is 0 Å². The summed E-state index contributed by atoms with van der Waals surface area (Å²) in [5.74, 6) is 1.20. The van der Waals surface area contributed by atoms with E-state index < -0.39 is 0 Å². The van der Waals surface area contributed by atoms with E-state index in [2.05, 4.69) is 53.2 Å². The SMILES string of the molecule is C=CN(/N=C\C)c1ccc2c(c1)nc1n2CCN(C(C)CCC)CC1. The number of rotatable bonds is 6. The molecule has 3 rings (SSSR count). The number of anilines is 1. The highest BCUT2D eigenvalue weighted by Crippen LogP contribution is 2.25. The van der Waals surface area contributed by atoms with E-state index in [0.29, 0.717) is 6.04 Å². The normalized spacial score (nSPS) is 16.8. The Morgan fingerprint density at radius 3 is 2.92 bits per heavy atom. The van der Waals surface area contributed by atoms with Gasteiger partial charge in [-0.2, -0.15) is 5.10 Å². The van der Waals surface area contributed by atoms with Crippen LogP contribution in [0.2, 0.25) is 0 Å². The molecule has 0 radical (unpaired) electrons. The summed E-state index contributed by atoms with van der Waals surface area (Å²) in [5, 5.41) is 6.09.